The molecule has 24 heavy (non-hydrogen) atoms. The third-order valence-electron chi connectivity index (χ3n) is 4.25. The lowest BCUT2D eigenvalue weighted by Crippen LogP contribution is -2.26. The summed E-state index contributed by atoms with van der Waals surface area (Å²) in [7, 11) is 4.90. The van der Waals surface area contributed by atoms with Gasteiger partial charge >= 0.3 is 0 Å². The Bertz CT molecular complexity index is 667. The smallest absolute Gasteiger partial charge is 0.203 e. The molecule has 6 nitrogen and oxygen atoms in total. The number of hydrogen-bond donors (Lipinski definition) is 1. The van der Waals surface area contributed by atoms with Gasteiger partial charge in [0.25, 0.3) is 0 Å². The second-order valence-corrected chi connectivity index (χ2v) is 6.85. The molecule has 2 N–H and O–H groups in total. The minimum absolute atomic E-state index is 0.626. The minimum atomic E-state index is 0.626. The lowest BCUT2D eigenvalue weighted by Gasteiger charge is -2.21. The van der Waals surface area contributed by atoms with E-state index < -0.39 is 0 Å². The van der Waals surface area contributed by atoms with Crippen molar-refractivity contribution in [2.75, 3.05) is 40.2 Å². The van der Waals surface area contributed by atoms with Gasteiger partial charge in [-0.1, -0.05) is 0 Å². The van der Waals surface area contributed by atoms with Crippen molar-refractivity contribution in [1.29, 1.82) is 0 Å². The lowest BCUT2D eigenvalue weighted by molar-refractivity contribution is 0.276. The summed E-state index contributed by atoms with van der Waals surface area (Å²) < 4.78 is 16.3. The number of nitrogen functional groups attached to an aromatic ring is 1. The molecule has 1 aromatic heterocycles. The molecule has 0 spiro atoms. The predicted octanol–water partition coefficient (Wildman–Crippen LogP) is 2.35. The highest BCUT2D eigenvalue weighted by molar-refractivity contribution is 7.15. The maximum Gasteiger partial charge on any atom is 0.203 e. The fourth-order valence-corrected chi connectivity index (χ4v) is 3.94. The first-order valence-corrected chi connectivity index (χ1v) is 8.71. The van der Waals surface area contributed by atoms with Crippen LogP contribution in [0.1, 0.15) is 16.1 Å². The van der Waals surface area contributed by atoms with Gasteiger partial charge in [0.2, 0.25) is 5.75 Å². The Balaban J connectivity index is 1.75. The van der Waals surface area contributed by atoms with Gasteiger partial charge in [-0.15, -0.1) is 11.3 Å². The van der Waals surface area contributed by atoms with Crippen molar-refractivity contribution in [3.8, 4) is 17.2 Å². The van der Waals surface area contributed by atoms with Crippen LogP contribution in [0.15, 0.2) is 12.1 Å². The number of nitrogens with zero attached hydrogens (tertiary/aromatic N) is 2. The first kappa shape index (κ1) is 16.9. The van der Waals surface area contributed by atoms with Crippen molar-refractivity contribution in [3.63, 3.8) is 0 Å². The minimum Gasteiger partial charge on any atom is -0.493 e. The van der Waals surface area contributed by atoms with Gasteiger partial charge in [-0.25, -0.2) is 4.98 Å². The second kappa shape index (κ2) is 7.27. The van der Waals surface area contributed by atoms with E-state index in [4.69, 9.17) is 19.9 Å². The maximum atomic E-state index is 5.81. The Kier molecular flexibility index (Phi) is 5.11. The van der Waals surface area contributed by atoms with Gasteiger partial charge in [0, 0.05) is 30.9 Å². The first-order chi connectivity index (χ1) is 11.6. The molecule has 0 saturated carbocycles. The molecule has 0 saturated heterocycles. The van der Waals surface area contributed by atoms with Crippen LogP contribution in [0.3, 0.4) is 0 Å². The molecule has 0 aliphatic carbocycles. The summed E-state index contributed by atoms with van der Waals surface area (Å²) in [5.74, 6) is 2.01. The van der Waals surface area contributed by atoms with Crippen LogP contribution in [0.25, 0.3) is 0 Å². The van der Waals surface area contributed by atoms with Crippen LogP contribution in [-0.4, -0.2) is 44.3 Å². The third kappa shape index (κ3) is 3.42. The van der Waals surface area contributed by atoms with E-state index in [1.165, 1.54) is 4.88 Å². The number of hydrogen-bond acceptors (Lipinski definition) is 7. The Morgan fingerprint density at radius 1 is 1.08 bits per heavy atom. The van der Waals surface area contributed by atoms with E-state index in [9.17, 15) is 0 Å². The van der Waals surface area contributed by atoms with Crippen LogP contribution >= 0.6 is 11.3 Å². The largest absolute Gasteiger partial charge is 0.493 e. The van der Waals surface area contributed by atoms with E-state index in [-0.39, 0.29) is 0 Å². The molecule has 7 heteroatoms. The molecule has 130 valence electrons. The zero-order valence-corrected chi connectivity index (χ0v) is 15.1. The van der Waals surface area contributed by atoms with Crippen molar-refractivity contribution in [1.82, 2.24) is 9.88 Å². The van der Waals surface area contributed by atoms with Crippen LogP contribution in [0.4, 0.5) is 5.13 Å². The van der Waals surface area contributed by atoms with E-state index in [1.54, 1.807) is 32.7 Å². The molecule has 0 amide bonds. The van der Waals surface area contributed by atoms with Crippen LogP contribution in [0, 0.1) is 0 Å². The highest BCUT2D eigenvalue weighted by atomic mass is 32.1. The van der Waals surface area contributed by atoms with E-state index >= 15 is 0 Å². The summed E-state index contributed by atoms with van der Waals surface area (Å²) in [4.78, 5) is 8.18. The van der Waals surface area contributed by atoms with Gasteiger partial charge in [-0.05, 0) is 24.1 Å². The first-order valence-electron chi connectivity index (χ1n) is 7.90. The Morgan fingerprint density at radius 2 is 1.75 bits per heavy atom. The molecule has 3 rings (SSSR count). The van der Waals surface area contributed by atoms with Crippen LogP contribution < -0.4 is 19.9 Å². The zero-order valence-electron chi connectivity index (χ0n) is 14.3. The topological polar surface area (TPSA) is 69.8 Å². The number of ether oxygens (including phenoxy) is 3. The number of fused-ring (bicyclic) bond motifs is 1. The fraction of sp³-hybridized carbons (Fsp3) is 0.471. The summed E-state index contributed by atoms with van der Waals surface area (Å²) in [6.45, 7) is 2.79. The molecule has 1 aromatic carbocycles. The van der Waals surface area contributed by atoms with Gasteiger partial charge in [0.1, 0.15) is 0 Å². The number of thiazole rings is 1. The lowest BCUT2D eigenvalue weighted by atomic mass is 10.1. The van der Waals surface area contributed by atoms with Crippen LogP contribution in [-0.2, 0) is 19.4 Å². The predicted molar refractivity (Wildman–Crippen MR) is 95.3 cm³/mol. The fourth-order valence-electron chi connectivity index (χ4n) is 3.07. The molecule has 0 fully saturated rings. The summed E-state index contributed by atoms with van der Waals surface area (Å²) in [6, 6.07) is 4.02. The number of benzene rings is 1. The van der Waals surface area contributed by atoms with Crippen molar-refractivity contribution in [2.24, 2.45) is 0 Å². The zero-order chi connectivity index (χ0) is 17.1. The average molecular weight is 349 g/mol. The summed E-state index contributed by atoms with van der Waals surface area (Å²) in [5.41, 5.74) is 8.11. The summed E-state index contributed by atoms with van der Waals surface area (Å²) >= 11 is 1.61. The SMILES string of the molecule is COc1cc(CN2CCc3nc(N)sc3CC2)cc(OC)c1OC. The van der Waals surface area contributed by atoms with Gasteiger partial charge in [0.15, 0.2) is 16.6 Å². The van der Waals surface area contributed by atoms with E-state index in [2.05, 4.69) is 9.88 Å². The van der Waals surface area contributed by atoms with Gasteiger partial charge in [-0.2, -0.15) is 0 Å². The number of aromatic nitrogens is 1. The molecule has 0 unspecified atom stereocenters. The Hall–Kier alpha value is -1.99. The molecule has 0 bridgehead atoms. The molecule has 2 heterocycles. The van der Waals surface area contributed by atoms with E-state index in [0.29, 0.717) is 22.4 Å². The van der Waals surface area contributed by atoms with E-state index in [1.807, 2.05) is 12.1 Å². The maximum absolute atomic E-state index is 5.81. The number of rotatable bonds is 5. The van der Waals surface area contributed by atoms with Crippen molar-refractivity contribution in [2.45, 2.75) is 19.4 Å². The normalized spacial score (nSPS) is 14.8. The molecule has 1 aliphatic rings. The molecule has 1 aliphatic heterocycles. The van der Waals surface area contributed by atoms with Crippen molar-refractivity contribution < 1.29 is 14.2 Å². The quantitative estimate of drug-likeness (QED) is 0.894. The second-order valence-electron chi connectivity index (χ2n) is 5.73. The van der Waals surface area contributed by atoms with Gasteiger partial charge in [-0.3, -0.25) is 4.90 Å². The molecular formula is C17H23N3O3S. The summed E-state index contributed by atoms with van der Waals surface area (Å²) in [5, 5.41) is 0.679. The van der Waals surface area contributed by atoms with E-state index in [0.717, 1.165) is 43.7 Å². The standard InChI is InChI=1S/C17H23N3O3S/c1-21-13-8-11(9-14(22-2)16(13)23-3)10-20-6-4-12-15(5-7-20)24-17(18)19-12/h8-9H,4-7,10H2,1-3H3,(H2,18,19). The molecular weight excluding hydrogens is 326 g/mol. The summed E-state index contributed by atoms with van der Waals surface area (Å²) in [6.07, 6.45) is 1.93. The number of methoxy groups -OCH3 is 3. The van der Waals surface area contributed by atoms with Crippen molar-refractivity contribution >= 4 is 16.5 Å². The molecule has 2 aromatic rings. The molecule has 0 atom stereocenters. The number of nitrogens with two attached hydrogens (primary N) is 1. The number of anilines is 1. The Morgan fingerprint density at radius 3 is 2.38 bits per heavy atom. The highest BCUT2D eigenvalue weighted by Crippen LogP contribution is 2.38. The third-order valence-corrected chi connectivity index (χ3v) is 5.23. The van der Waals surface area contributed by atoms with Crippen LogP contribution in [0.5, 0.6) is 17.2 Å². The average Bonchev–Trinajstić information content (AvgIpc) is 2.86. The highest BCUT2D eigenvalue weighted by Gasteiger charge is 2.19. The van der Waals surface area contributed by atoms with Crippen LogP contribution in [0.2, 0.25) is 0 Å². The Labute approximate surface area is 146 Å². The van der Waals surface area contributed by atoms with Gasteiger partial charge < -0.3 is 19.9 Å². The monoisotopic (exact) mass is 349 g/mol. The molecule has 0 radical (unpaired) electrons. The van der Waals surface area contributed by atoms with Gasteiger partial charge in [0.05, 0.1) is 27.0 Å². The van der Waals surface area contributed by atoms with Crippen molar-refractivity contribution in [3.05, 3.63) is 28.3 Å².